The topological polar surface area (TPSA) is 12.9 Å². The zero-order valence-corrected chi connectivity index (χ0v) is 8.19. The minimum absolute atomic E-state index is 0.643. The Hall–Kier alpha value is -0.340. The van der Waals surface area contributed by atoms with E-state index in [-0.39, 0.29) is 0 Å². The Balaban J connectivity index is 2.98. The summed E-state index contributed by atoms with van der Waals surface area (Å²) in [7, 11) is 0. The molecule has 0 saturated heterocycles. The third-order valence-corrected chi connectivity index (χ3v) is 2.12. The fourth-order valence-electron chi connectivity index (χ4n) is 0.730. The van der Waals surface area contributed by atoms with Crippen molar-refractivity contribution in [1.29, 1.82) is 0 Å². The number of aromatic nitrogens is 1. The highest BCUT2D eigenvalue weighted by molar-refractivity contribution is 9.10. The van der Waals surface area contributed by atoms with Crippen LogP contribution in [0.25, 0.3) is 0 Å². The molecule has 0 aliphatic carbocycles. The Kier molecular flexibility index (Phi) is 3.09. The van der Waals surface area contributed by atoms with E-state index in [1.807, 2.05) is 6.07 Å². The van der Waals surface area contributed by atoms with Crippen molar-refractivity contribution in [3.8, 4) is 0 Å². The predicted octanol–water partition coefficient (Wildman–Crippen LogP) is 3.23. The van der Waals surface area contributed by atoms with E-state index in [4.69, 9.17) is 11.6 Å². The van der Waals surface area contributed by atoms with E-state index >= 15 is 0 Å². The van der Waals surface area contributed by atoms with Crippen LogP contribution in [0.15, 0.2) is 29.4 Å². The van der Waals surface area contributed by atoms with Gasteiger partial charge in [-0.1, -0.05) is 17.7 Å². The van der Waals surface area contributed by atoms with Crippen LogP contribution < -0.4 is 0 Å². The molecule has 0 bridgehead atoms. The molecule has 1 aromatic rings. The van der Waals surface area contributed by atoms with Crippen LogP contribution in [0.2, 0.25) is 5.02 Å². The van der Waals surface area contributed by atoms with Crippen molar-refractivity contribution in [3.05, 3.63) is 40.1 Å². The van der Waals surface area contributed by atoms with Crippen LogP contribution in [0.1, 0.15) is 5.69 Å². The molecule has 0 aliphatic rings. The van der Waals surface area contributed by atoms with E-state index in [0.717, 1.165) is 16.6 Å². The Morgan fingerprint density at radius 2 is 2.45 bits per heavy atom. The summed E-state index contributed by atoms with van der Waals surface area (Å²) in [6.45, 7) is 3.63. The standard InChI is InChI=1S/C8H7BrClN/c1-2-3-8-7(9)4-6(10)5-11-8/h2,4-5H,1,3H2. The molecule has 0 amide bonds. The molecule has 0 unspecified atom stereocenters. The van der Waals surface area contributed by atoms with Crippen molar-refractivity contribution < 1.29 is 0 Å². The summed E-state index contributed by atoms with van der Waals surface area (Å²) in [5, 5.41) is 0.643. The second-order valence-electron chi connectivity index (χ2n) is 2.07. The number of halogens is 2. The highest BCUT2D eigenvalue weighted by Crippen LogP contribution is 2.19. The first kappa shape index (κ1) is 8.75. The molecule has 1 heterocycles. The average molecular weight is 233 g/mol. The first-order chi connectivity index (χ1) is 5.24. The molecule has 0 saturated carbocycles. The van der Waals surface area contributed by atoms with Gasteiger partial charge in [-0.2, -0.15) is 0 Å². The molecule has 0 aliphatic heterocycles. The van der Waals surface area contributed by atoms with Gasteiger partial charge in [0, 0.05) is 17.1 Å². The van der Waals surface area contributed by atoms with Gasteiger partial charge in [0.15, 0.2) is 0 Å². The highest BCUT2D eigenvalue weighted by Gasteiger charge is 1.98. The summed E-state index contributed by atoms with van der Waals surface area (Å²) < 4.78 is 0.935. The van der Waals surface area contributed by atoms with Crippen LogP contribution in [0, 0.1) is 0 Å². The van der Waals surface area contributed by atoms with E-state index in [1.165, 1.54) is 0 Å². The van der Waals surface area contributed by atoms with Gasteiger partial charge in [-0.25, -0.2) is 0 Å². The summed E-state index contributed by atoms with van der Waals surface area (Å²) in [6, 6.07) is 1.83. The molecule has 58 valence electrons. The second-order valence-corrected chi connectivity index (χ2v) is 3.37. The van der Waals surface area contributed by atoms with Crippen molar-refractivity contribution in [2.24, 2.45) is 0 Å². The molecule has 0 radical (unpaired) electrons. The Labute approximate surface area is 79.2 Å². The zero-order valence-electron chi connectivity index (χ0n) is 5.85. The Morgan fingerprint density at radius 1 is 1.73 bits per heavy atom. The lowest BCUT2D eigenvalue weighted by Crippen LogP contribution is -1.87. The number of hydrogen-bond donors (Lipinski definition) is 0. The van der Waals surface area contributed by atoms with Crippen molar-refractivity contribution in [3.63, 3.8) is 0 Å². The number of pyridine rings is 1. The van der Waals surface area contributed by atoms with Gasteiger partial charge in [-0.15, -0.1) is 6.58 Å². The van der Waals surface area contributed by atoms with Crippen LogP contribution in [0.5, 0.6) is 0 Å². The smallest absolute Gasteiger partial charge is 0.0600 e. The summed E-state index contributed by atoms with van der Waals surface area (Å²) in [5.41, 5.74) is 0.962. The largest absolute Gasteiger partial charge is 0.258 e. The molecule has 0 N–H and O–H groups in total. The Bertz CT molecular complexity index is 273. The minimum Gasteiger partial charge on any atom is -0.258 e. The summed E-state index contributed by atoms with van der Waals surface area (Å²) in [4.78, 5) is 4.12. The fraction of sp³-hybridized carbons (Fsp3) is 0.125. The van der Waals surface area contributed by atoms with Gasteiger partial charge >= 0.3 is 0 Å². The van der Waals surface area contributed by atoms with E-state index in [2.05, 4.69) is 27.5 Å². The predicted molar refractivity (Wildman–Crippen MR) is 50.8 cm³/mol. The summed E-state index contributed by atoms with van der Waals surface area (Å²) in [5.74, 6) is 0. The lowest BCUT2D eigenvalue weighted by Gasteiger charge is -1.98. The first-order valence-corrected chi connectivity index (χ1v) is 4.32. The van der Waals surface area contributed by atoms with Gasteiger partial charge in [0.05, 0.1) is 10.7 Å². The monoisotopic (exact) mass is 231 g/mol. The number of allylic oxidation sites excluding steroid dienone is 1. The number of nitrogens with zero attached hydrogens (tertiary/aromatic N) is 1. The first-order valence-electron chi connectivity index (χ1n) is 3.15. The van der Waals surface area contributed by atoms with Gasteiger partial charge in [-0.3, -0.25) is 4.98 Å². The van der Waals surface area contributed by atoms with E-state index in [9.17, 15) is 0 Å². The lowest BCUT2D eigenvalue weighted by molar-refractivity contribution is 1.10. The van der Waals surface area contributed by atoms with Gasteiger partial charge in [0.25, 0.3) is 0 Å². The summed E-state index contributed by atoms with van der Waals surface area (Å²) >= 11 is 9.05. The molecule has 0 atom stereocenters. The maximum Gasteiger partial charge on any atom is 0.0600 e. The SMILES string of the molecule is C=CCc1ncc(Cl)cc1Br. The van der Waals surface area contributed by atoms with E-state index < -0.39 is 0 Å². The van der Waals surface area contributed by atoms with Gasteiger partial charge in [0.2, 0.25) is 0 Å². The normalized spacial score (nSPS) is 9.64. The van der Waals surface area contributed by atoms with E-state index in [1.54, 1.807) is 12.3 Å². The Morgan fingerprint density at radius 3 is 3.00 bits per heavy atom. The maximum atomic E-state index is 5.70. The van der Waals surface area contributed by atoms with Gasteiger partial charge < -0.3 is 0 Å². The lowest BCUT2D eigenvalue weighted by atomic mass is 10.3. The zero-order chi connectivity index (χ0) is 8.27. The minimum atomic E-state index is 0.643. The fourth-order valence-corrected chi connectivity index (χ4v) is 1.53. The van der Waals surface area contributed by atoms with Crippen LogP contribution in [0.4, 0.5) is 0 Å². The highest BCUT2D eigenvalue weighted by atomic mass is 79.9. The third kappa shape index (κ3) is 2.31. The summed E-state index contributed by atoms with van der Waals surface area (Å²) in [6.07, 6.45) is 4.20. The van der Waals surface area contributed by atoms with Crippen LogP contribution in [-0.4, -0.2) is 4.98 Å². The second kappa shape index (κ2) is 3.88. The molecule has 0 aromatic carbocycles. The molecular formula is C8H7BrClN. The van der Waals surface area contributed by atoms with Crippen LogP contribution >= 0.6 is 27.5 Å². The average Bonchev–Trinajstić information content (AvgIpc) is 1.95. The maximum absolute atomic E-state index is 5.70. The molecule has 1 nitrogen and oxygen atoms in total. The molecule has 0 fully saturated rings. The quantitative estimate of drug-likeness (QED) is 0.714. The molecule has 1 rings (SSSR count). The van der Waals surface area contributed by atoms with Gasteiger partial charge in [-0.05, 0) is 22.0 Å². The number of hydrogen-bond acceptors (Lipinski definition) is 1. The van der Waals surface area contributed by atoms with Crippen molar-refractivity contribution in [2.75, 3.05) is 0 Å². The van der Waals surface area contributed by atoms with Gasteiger partial charge in [0.1, 0.15) is 0 Å². The van der Waals surface area contributed by atoms with Crippen molar-refractivity contribution in [1.82, 2.24) is 4.98 Å². The van der Waals surface area contributed by atoms with Crippen molar-refractivity contribution in [2.45, 2.75) is 6.42 Å². The van der Waals surface area contributed by atoms with Crippen molar-refractivity contribution >= 4 is 27.5 Å². The van der Waals surface area contributed by atoms with Crippen LogP contribution in [-0.2, 0) is 6.42 Å². The molecular weight excluding hydrogens is 225 g/mol. The van der Waals surface area contributed by atoms with E-state index in [0.29, 0.717) is 5.02 Å². The molecule has 11 heavy (non-hydrogen) atoms. The van der Waals surface area contributed by atoms with Crippen LogP contribution in [0.3, 0.4) is 0 Å². The third-order valence-electron chi connectivity index (χ3n) is 1.22. The number of rotatable bonds is 2. The molecule has 0 spiro atoms. The molecule has 1 aromatic heterocycles. The molecule has 3 heteroatoms.